The number of hydrogen-bond acceptors (Lipinski definition) is 3. The van der Waals surface area contributed by atoms with E-state index < -0.39 is 0 Å². The van der Waals surface area contributed by atoms with Crippen molar-refractivity contribution < 1.29 is 14.3 Å². The number of ether oxygens (including phenoxy) is 2. The first-order valence-electron chi connectivity index (χ1n) is 7.03. The predicted octanol–water partition coefficient (Wildman–Crippen LogP) is 2.64. The van der Waals surface area contributed by atoms with Crippen molar-refractivity contribution in [2.24, 2.45) is 0 Å². The first-order chi connectivity index (χ1) is 9.77. The van der Waals surface area contributed by atoms with Gasteiger partial charge in [0.05, 0.1) is 6.61 Å². The normalized spacial score (nSPS) is 10.7. The summed E-state index contributed by atoms with van der Waals surface area (Å²) in [6, 6.07) is 7.64. The summed E-state index contributed by atoms with van der Waals surface area (Å²) in [4.78, 5) is 11.6. The topological polar surface area (TPSA) is 47.6 Å². The van der Waals surface area contributed by atoms with Crippen molar-refractivity contribution in [3.63, 3.8) is 0 Å². The minimum Gasteiger partial charge on any atom is -0.493 e. The van der Waals surface area contributed by atoms with E-state index in [0.29, 0.717) is 26.4 Å². The van der Waals surface area contributed by atoms with Gasteiger partial charge in [0, 0.05) is 31.4 Å². The van der Waals surface area contributed by atoms with E-state index in [2.05, 4.69) is 5.32 Å². The van der Waals surface area contributed by atoms with Crippen molar-refractivity contribution in [1.29, 1.82) is 0 Å². The highest BCUT2D eigenvalue weighted by atomic mass is 16.5. The van der Waals surface area contributed by atoms with Gasteiger partial charge in [0.15, 0.2) is 0 Å². The number of amides is 1. The molecule has 0 saturated heterocycles. The van der Waals surface area contributed by atoms with E-state index in [0.717, 1.165) is 17.7 Å². The largest absolute Gasteiger partial charge is 0.493 e. The summed E-state index contributed by atoms with van der Waals surface area (Å²) < 4.78 is 10.7. The van der Waals surface area contributed by atoms with E-state index in [9.17, 15) is 4.79 Å². The lowest BCUT2D eigenvalue weighted by Gasteiger charge is -2.06. The average molecular weight is 277 g/mol. The number of nitrogens with one attached hydrogen (secondary N) is 1. The minimum absolute atomic E-state index is 0.104. The van der Waals surface area contributed by atoms with Crippen LogP contribution in [0.5, 0.6) is 5.75 Å². The molecule has 1 amide bonds. The molecule has 0 aromatic heterocycles. The van der Waals surface area contributed by atoms with E-state index in [1.54, 1.807) is 6.08 Å². The van der Waals surface area contributed by atoms with Crippen LogP contribution in [0, 0.1) is 0 Å². The average Bonchev–Trinajstić information content (AvgIpc) is 2.46. The molecule has 0 heterocycles. The third-order valence-electron chi connectivity index (χ3n) is 2.60. The summed E-state index contributed by atoms with van der Waals surface area (Å²) in [6.07, 6.45) is 4.12. The lowest BCUT2D eigenvalue weighted by molar-refractivity contribution is -0.116. The molecule has 4 nitrogen and oxygen atoms in total. The van der Waals surface area contributed by atoms with Gasteiger partial charge in [0.1, 0.15) is 5.75 Å². The Labute approximate surface area is 120 Å². The molecule has 1 rings (SSSR count). The third kappa shape index (κ3) is 6.38. The van der Waals surface area contributed by atoms with Crippen molar-refractivity contribution in [2.75, 3.05) is 26.4 Å². The summed E-state index contributed by atoms with van der Waals surface area (Å²) in [5.74, 6) is 0.684. The lowest BCUT2D eigenvalue weighted by Crippen LogP contribution is -2.23. The Hall–Kier alpha value is -1.81. The van der Waals surface area contributed by atoms with Gasteiger partial charge in [-0.15, -0.1) is 0 Å². The Balaban J connectivity index is 2.41. The fraction of sp³-hybridized carbons (Fsp3) is 0.438. The fourth-order valence-corrected chi connectivity index (χ4v) is 1.66. The second-order valence-electron chi connectivity index (χ2n) is 4.15. The molecule has 0 saturated carbocycles. The zero-order valence-corrected chi connectivity index (χ0v) is 12.2. The zero-order valence-electron chi connectivity index (χ0n) is 12.2. The molecule has 0 aliphatic carbocycles. The maximum atomic E-state index is 11.6. The molecule has 0 bridgehead atoms. The Kier molecular flexibility index (Phi) is 8.15. The number of benzene rings is 1. The molecule has 0 spiro atoms. The third-order valence-corrected chi connectivity index (χ3v) is 2.60. The number of rotatable bonds is 9. The molecular weight excluding hydrogens is 254 g/mol. The van der Waals surface area contributed by atoms with Crippen LogP contribution in [0.2, 0.25) is 0 Å². The van der Waals surface area contributed by atoms with Gasteiger partial charge in [-0.2, -0.15) is 0 Å². The van der Waals surface area contributed by atoms with Crippen LogP contribution in [0.3, 0.4) is 0 Å². The molecule has 0 fully saturated rings. The number of carbonyl (C=O) groups excluding carboxylic acids is 1. The van der Waals surface area contributed by atoms with Gasteiger partial charge in [0.25, 0.3) is 0 Å². The SMILES string of the molecule is CCOCCCNC(=O)C=Cc1ccccc1OCC. The molecule has 1 N–H and O–H groups in total. The summed E-state index contributed by atoms with van der Waals surface area (Å²) >= 11 is 0. The van der Waals surface area contributed by atoms with Crippen LogP contribution in [-0.2, 0) is 9.53 Å². The molecule has 4 heteroatoms. The van der Waals surface area contributed by atoms with Gasteiger partial charge in [-0.25, -0.2) is 0 Å². The van der Waals surface area contributed by atoms with Gasteiger partial charge in [-0.1, -0.05) is 18.2 Å². The van der Waals surface area contributed by atoms with Crippen LogP contribution >= 0.6 is 0 Å². The second kappa shape index (κ2) is 10.0. The van der Waals surface area contributed by atoms with Gasteiger partial charge in [-0.3, -0.25) is 4.79 Å². The second-order valence-corrected chi connectivity index (χ2v) is 4.15. The van der Waals surface area contributed by atoms with E-state index >= 15 is 0 Å². The Bertz CT molecular complexity index is 429. The highest BCUT2D eigenvalue weighted by Gasteiger charge is 1.99. The van der Waals surface area contributed by atoms with Crippen molar-refractivity contribution in [3.8, 4) is 5.75 Å². The van der Waals surface area contributed by atoms with Gasteiger partial charge in [0.2, 0.25) is 5.91 Å². The number of carbonyl (C=O) groups is 1. The molecule has 0 aliphatic rings. The van der Waals surface area contributed by atoms with Crippen molar-refractivity contribution in [1.82, 2.24) is 5.32 Å². The van der Waals surface area contributed by atoms with Crippen LogP contribution in [0.4, 0.5) is 0 Å². The van der Waals surface area contributed by atoms with Gasteiger partial charge >= 0.3 is 0 Å². The molecule has 1 aromatic carbocycles. The van der Waals surface area contributed by atoms with Crippen molar-refractivity contribution in [2.45, 2.75) is 20.3 Å². The van der Waals surface area contributed by atoms with Crippen LogP contribution in [0.15, 0.2) is 30.3 Å². The Morgan fingerprint density at radius 3 is 2.80 bits per heavy atom. The highest BCUT2D eigenvalue weighted by Crippen LogP contribution is 2.19. The lowest BCUT2D eigenvalue weighted by atomic mass is 10.2. The maximum Gasteiger partial charge on any atom is 0.244 e. The molecule has 0 radical (unpaired) electrons. The highest BCUT2D eigenvalue weighted by molar-refractivity contribution is 5.92. The van der Waals surface area contributed by atoms with Crippen LogP contribution < -0.4 is 10.1 Å². The predicted molar refractivity (Wildman–Crippen MR) is 80.8 cm³/mol. The molecule has 1 aromatic rings. The van der Waals surface area contributed by atoms with Crippen LogP contribution in [-0.4, -0.2) is 32.3 Å². The monoisotopic (exact) mass is 277 g/mol. The van der Waals surface area contributed by atoms with Crippen LogP contribution in [0.1, 0.15) is 25.8 Å². The van der Waals surface area contributed by atoms with E-state index in [1.165, 1.54) is 6.08 Å². The van der Waals surface area contributed by atoms with Crippen molar-refractivity contribution in [3.05, 3.63) is 35.9 Å². The molecule has 0 aliphatic heterocycles. The van der Waals surface area contributed by atoms with Gasteiger partial charge in [-0.05, 0) is 32.4 Å². The number of hydrogen-bond donors (Lipinski definition) is 1. The fourth-order valence-electron chi connectivity index (χ4n) is 1.66. The summed E-state index contributed by atoms with van der Waals surface area (Å²) in [5.41, 5.74) is 0.902. The van der Waals surface area contributed by atoms with Gasteiger partial charge < -0.3 is 14.8 Å². The van der Waals surface area contributed by atoms with Crippen LogP contribution in [0.25, 0.3) is 6.08 Å². The molecule has 0 atom stereocenters. The summed E-state index contributed by atoms with van der Waals surface area (Å²) in [7, 11) is 0. The quantitative estimate of drug-likeness (QED) is 0.557. The summed E-state index contributed by atoms with van der Waals surface area (Å²) in [5, 5.41) is 2.82. The van der Waals surface area contributed by atoms with E-state index in [1.807, 2.05) is 38.1 Å². The standard InChI is InChI=1S/C16H23NO3/c1-3-19-13-7-12-17-16(18)11-10-14-8-5-6-9-15(14)20-4-2/h5-6,8-11H,3-4,7,12-13H2,1-2H3,(H,17,18). The Morgan fingerprint density at radius 1 is 1.25 bits per heavy atom. The molecular formula is C16H23NO3. The van der Waals surface area contributed by atoms with Crippen molar-refractivity contribution >= 4 is 12.0 Å². The maximum absolute atomic E-state index is 11.6. The summed E-state index contributed by atoms with van der Waals surface area (Å²) in [6.45, 7) is 6.50. The van der Waals surface area contributed by atoms with E-state index in [4.69, 9.17) is 9.47 Å². The minimum atomic E-state index is -0.104. The first kappa shape index (κ1) is 16.2. The zero-order chi connectivity index (χ0) is 14.6. The number of para-hydroxylation sites is 1. The first-order valence-corrected chi connectivity index (χ1v) is 7.03. The molecule has 0 unspecified atom stereocenters. The molecule has 20 heavy (non-hydrogen) atoms. The smallest absolute Gasteiger partial charge is 0.244 e. The van der Waals surface area contributed by atoms with E-state index in [-0.39, 0.29) is 5.91 Å². The molecule has 110 valence electrons. The Morgan fingerprint density at radius 2 is 2.05 bits per heavy atom.